The van der Waals surface area contributed by atoms with Crippen molar-refractivity contribution in [3.63, 3.8) is 0 Å². The van der Waals surface area contributed by atoms with Crippen LogP contribution >= 0.6 is 0 Å². The van der Waals surface area contributed by atoms with Crippen LogP contribution in [-0.4, -0.2) is 26.9 Å². The lowest BCUT2D eigenvalue weighted by molar-refractivity contribution is 0.0993. The molecule has 1 aromatic heterocycles. The van der Waals surface area contributed by atoms with Gasteiger partial charge >= 0.3 is 0 Å². The minimum absolute atomic E-state index is 0.139. The van der Waals surface area contributed by atoms with Crippen LogP contribution in [0, 0.1) is 5.92 Å². The first-order chi connectivity index (χ1) is 7.31. The first-order valence-corrected chi connectivity index (χ1v) is 4.83. The summed E-state index contributed by atoms with van der Waals surface area (Å²) in [5, 5.41) is 19.2. The van der Waals surface area contributed by atoms with Gasteiger partial charge in [0.25, 0.3) is 0 Å². The third-order valence-corrected chi connectivity index (χ3v) is 2.38. The highest BCUT2D eigenvalue weighted by Gasteiger charge is 2.29. The second-order valence-corrected chi connectivity index (χ2v) is 3.57. The highest BCUT2D eigenvalue weighted by atomic mass is 16.4. The summed E-state index contributed by atoms with van der Waals surface area (Å²) in [4.78, 5) is 11.7. The smallest absolute Gasteiger partial charge is 0.188 e. The van der Waals surface area contributed by atoms with E-state index in [0.29, 0.717) is 11.4 Å². The quantitative estimate of drug-likeness (QED) is 0.348. The number of rotatable bonds is 4. The van der Waals surface area contributed by atoms with Crippen LogP contribution in [0.3, 0.4) is 0 Å². The highest BCUT2D eigenvalue weighted by Crippen LogP contribution is 2.32. The monoisotopic (exact) mass is 205 g/mol. The molecule has 0 spiro atoms. The number of oxime groups is 1. The van der Waals surface area contributed by atoms with Gasteiger partial charge in [-0.3, -0.25) is 4.79 Å². The number of hydrogen-bond acceptors (Lipinski definition) is 5. The highest BCUT2D eigenvalue weighted by molar-refractivity contribution is 6.09. The molecule has 0 amide bonds. The Labute approximate surface area is 86.8 Å². The molecule has 0 bridgehead atoms. The van der Waals surface area contributed by atoms with Gasteiger partial charge in [-0.15, -0.1) is 5.10 Å². The molecule has 0 saturated heterocycles. The number of Topliss-reactive ketones (excluding diaryl/α,β-unsaturated/α-hetero) is 1. The summed E-state index contributed by atoms with van der Waals surface area (Å²) in [7, 11) is 0. The van der Waals surface area contributed by atoms with Crippen LogP contribution in [0.1, 0.15) is 29.8 Å². The molecule has 5 heteroatoms. The Hall–Kier alpha value is -1.78. The van der Waals surface area contributed by atoms with E-state index in [0.717, 1.165) is 12.8 Å². The average molecular weight is 205 g/mol. The number of carbonyl (C=O) groups excluding carboxylic acids is 1. The zero-order chi connectivity index (χ0) is 10.7. The van der Waals surface area contributed by atoms with E-state index in [-0.39, 0.29) is 18.1 Å². The zero-order valence-electron chi connectivity index (χ0n) is 8.13. The summed E-state index contributed by atoms with van der Waals surface area (Å²) in [5.41, 5.74) is 0.880. The molecule has 1 heterocycles. The molecule has 0 aromatic carbocycles. The van der Waals surface area contributed by atoms with E-state index in [9.17, 15) is 4.79 Å². The summed E-state index contributed by atoms with van der Waals surface area (Å²) in [6.45, 7) is 0. The number of hydrogen-bond donors (Lipinski definition) is 1. The van der Waals surface area contributed by atoms with Gasteiger partial charge in [0.05, 0.1) is 12.1 Å². The SMILES string of the molecule is O=C(CC(=NO)C1CC1)c1cccnn1. The van der Waals surface area contributed by atoms with Gasteiger partial charge in [0, 0.05) is 12.1 Å². The fourth-order valence-corrected chi connectivity index (χ4v) is 1.38. The maximum absolute atomic E-state index is 11.7. The zero-order valence-corrected chi connectivity index (χ0v) is 8.13. The molecule has 5 nitrogen and oxygen atoms in total. The molecule has 0 unspecified atom stereocenters. The van der Waals surface area contributed by atoms with Crippen LogP contribution in [0.2, 0.25) is 0 Å². The lowest BCUT2D eigenvalue weighted by Crippen LogP contribution is -2.11. The lowest BCUT2D eigenvalue weighted by Gasteiger charge is -2.00. The molecular formula is C10H11N3O2. The summed E-state index contributed by atoms with van der Waals surface area (Å²) in [5.74, 6) is 0.137. The van der Waals surface area contributed by atoms with Crippen molar-refractivity contribution in [2.45, 2.75) is 19.3 Å². The Morgan fingerprint density at radius 1 is 1.60 bits per heavy atom. The van der Waals surface area contributed by atoms with Crippen molar-refractivity contribution in [3.05, 3.63) is 24.0 Å². The molecule has 2 rings (SSSR count). The average Bonchev–Trinajstić information content (AvgIpc) is 3.10. The van der Waals surface area contributed by atoms with E-state index >= 15 is 0 Å². The summed E-state index contributed by atoms with van der Waals surface area (Å²) >= 11 is 0. The Morgan fingerprint density at radius 3 is 2.93 bits per heavy atom. The molecule has 1 saturated carbocycles. The third-order valence-electron chi connectivity index (χ3n) is 2.38. The van der Waals surface area contributed by atoms with Crippen LogP contribution in [0.4, 0.5) is 0 Å². The molecule has 15 heavy (non-hydrogen) atoms. The van der Waals surface area contributed by atoms with Crippen molar-refractivity contribution in [3.8, 4) is 0 Å². The molecule has 1 aromatic rings. The maximum Gasteiger partial charge on any atom is 0.188 e. The molecule has 78 valence electrons. The Bertz CT molecular complexity index is 385. The maximum atomic E-state index is 11.7. The molecule has 0 aliphatic heterocycles. The van der Waals surface area contributed by atoms with Gasteiger partial charge in [0.2, 0.25) is 0 Å². The molecule has 1 fully saturated rings. The predicted molar refractivity (Wildman–Crippen MR) is 52.9 cm³/mol. The predicted octanol–water partition coefficient (Wildman–Crippen LogP) is 1.29. The number of carbonyl (C=O) groups is 1. The standard InChI is InChI=1S/C10H11N3O2/c14-10(8-2-1-5-11-12-8)6-9(13-15)7-3-4-7/h1-2,5,7,15H,3-4,6H2. The topological polar surface area (TPSA) is 75.4 Å². The summed E-state index contributed by atoms with van der Waals surface area (Å²) in [6, 6.07) is 3.27. The van der Waals surface area contributed by atoms with Gasteiger partial charge in [-0.2, -0.15) is 5.10 Å². The van der Waals surface area contributed by atoms with Crippen LogP contribution < -0.4 is 0 Å². The van der Waals surface area contributed by atoms with Gasteiger partial charge < -0.3 is 5.21 Å². The largest absolute Gasteiger partial charge is 0.411 e. The minimum atomic E-state index is -0.150. The first-order valence-electron chi connectivity index (χ1n) is 4.83. The van der Waals surface area contributed by atoms with Crippen LogP contribution in [0.15, 0.2) is 23.5 Å². The van der Waals surface area contributed by atoms with Crippen LogP contribution in [-0.2, 0) is 0 Å². The van der Waals surface area contributed by atoms with E-state index in [1.54, 1.807) is 12.1 Å². The fourth-order valence-electron chi connectivity index (χ4n) is 1.38. The van der Waals surface area contributed by atoms with Crippen LogP contribution in [0.25, 0.3) is 0 Å². The van der Waals surface area contributed by atoms with Crippen molar-refractivity contribution in [1.82, 2.24) is 10.2 Å². The minimum Gasteiger partial charge on any atom is -0.411 e. The van der Waals surface area contributed by atoms with E-state index in [4.69, 9.17) is 5.21 Å². The molecule has 1 aliphatic rings. The van der Waals surface area contributed by atoms with E-state index < -0.39 is 0 Å². The van der Waals surface area contributed by atoms with Gasteiger partial charge in [-0.25, -0.2) is 0 Å². The fraction of sp³-hybridized carbons (Fsp3) is 0.400. The molecule has 1 N–H and O–H groups in total. The van der Waals surface area contributed by atoms with Crippen molar-refractivity contribution < 1.29 is 10.0 Å². The first kappa shape index (κ1) is 9.76. The van der Waals surface area contributed by atoms with Crippen molar-refractivity contribution in [2.75, 3.05) is 0 Å². The van der Waals surface area contributed by atoms with Gasteiger partial charge in [-0.1, -0.05) is 5.16 Å². The Balaban J connectivity index is 2.03. The molecule has 1 aliphatic carbocycles. The summed E-state index contributed by atoms with van der Waals surface area (Å²) in [6.07, 6.45) is 3.67. The Kier molecular flexibility index (Phi) is 2.71. The summed E-state index contributed by atoms with van der Waals surface area (Å²) < 4.78 is 0. The number of aromatic nitrogens is 2. The van der Waals surface area contributed by atoms with Crippen molar-refractivity contribution in [2.24, 2.45) is 11.1 Å². The van der Waals surface area contributed by atoms with E-state index in [1.807, 2.05) is 0 Å². The van der Waals surface area contributed by atoms with E-state index in [1.165, 1.54) is 6.20 Å². The number of nitrogens with zero attached hydrogens (tertiary/aromatic N) is 3. The third kappa shape index (κ3) is 2.37. The van der Waals surface area contributed by atoms with Crippen LogP contribution in [0.5, 0.6) is 0 Å². The molecule has 0 atom stereocenters. The van der Waals surface area contributed by atoms with Gasteiger partial charge in [0.1, 0.15) is 5.69 Å². The van der Waals surface area contributed by atoms with Crippen molar-refractivity contribution >= 4 is 11.5 Å². The number of ketones is 1. The second kappa shape index (κ2) is 4.16. The second-order valence-electron chi connectivity index (χ2n) is 3.57. The van der Waals surface area contributed by atoms with E-state index in [2.05, 4.69) is 15.4 Å². The lowest BCUT2D eigenvalue weighted by atomic mass is 10.1. The normalized spacial score (nSPS) is 16.4. The van der Waals surface area contributed by atoms with Crippen molar-refractivity contribution in [1.29, 1.82) is 0 Å². The molecule has 0 radical (unpaired) electrons. The van der Waals surface area contributed by atoms with Gasteiger partial charge in [0.15, 0.2) is 5.78 Å². The Morgan fingerprint density at radius 2 is 2.40 bits per heavy atom. The van der Waals surface area contributed by atoms with Gasteiger partial charge in [-0.05, 0) is 25.0 Å². The molecular weight excluding hydrogens is 194 g/mol.